The maximum absolute atomic E-state index is 11.8. The standard InChI is InChI=1S/C16H14BrN3O3/c17-13-7-6-12(14(21)8-13)9-19-20-15(22)10-18-16(23)11-4-2-1-3-5-11/h1-9,21H,10H2,(H,18,23)(H,20,22)/b19-9+. The van der Waals surface area contributed by atoms with Crippen molar-refractivity contribution in [2.24, 2.45) is 5.10 Å². The first kappa shape index (κ1) is 16.7. The molecule has 0 spiro atoms. The largest absolute Gasteiger partial charge is 0.507 e. The van der Waals surface area contributed by atoms with Crippen molar-refractivity contribution >= 4 is 34.0 Å². The van der Waals surface area contributed by atoms with Crippen LogP contribution in [0, 0.1) is 0 Å². The topological polar surface area (TPSA) is 90.8 Å². The summed E-state index contributed by atoms with van der Waals surface area (Å²) in [6, 6.07) is 13.5. The lowest BCUT2D eigenvalue weighted by Gasteiger charge is -2.04. The first-order valence-corrected chi connectivity index (χ1v) is 7.49. The summed E-state index contributed by atoms with van der Waals surface area (Å²) in [4.78, 5) is 23.4. The normalized spacial score (nSPS) is 10.5. The van der Waals surface area contributed by atoms with Gasteiger partial charge in [0.05, 0.1) is 12.8 Å². The van der Waals surface area contributed by atoms with Crippen LogP contribution in [0.3, 0.4) is 0 Å². The molecule has 0 aliphatic carbocycles. The summed E-state index contributed by atoms with van der Waals surface area (Å²) in [5.74, 6) is -0.771. The Labute approximate surface area is 141 Å². The van der Waals surface area contributed by atoms with Gasteiger partial charge in [0.15, 0.2) is 0 Å². The fourth-order valence-electron chi connectivity index (χ4n) is 1.69. The summed E-state index contributed by atoms with van der Waals surface area (Å²) in [6.07, 6.45) is 1.32. The van der Waals surface area contributed by atoms with E-state index in [-0.39, 0.29) is 18.2 Å². The lowest BCUT2D eigenvalue weighted by Crippen LogP contribution is -2.34. The highest BCUT2D eigenvalue weighted by Crippen LogP contribution is 2.20. The Morgan fingerprint density at radius 2 is 1.91 bits per heavy atom. The second kappa shape index (κ2) is 8.09. The van der Waals surface area contributed by atoms with E-state index >= 15 is 0 Å². The molecule has 2 amide bonds. The van der Waals surface area contributed by atoms with Gasteiger partial charge >= 0.3 is 0 Å². The number of hydrogen-bond donors (Lipinski definition) is 3. The average Bonchev–Trinajstić information content (AvgIpc) is 2.55. The third-order valence-electron chi connectivity index (χ3n) is 2.83. The number of carbonyl (C=O) groups excluding carboxylic acids is 2. The van der Waals surface area contributed by atoms with E-state index in [2.05, 4.69) is 31.8 Å². The zero-order valence-electron chi connectivity index (χ0n) is 12.0. The second-order valence-corrected chi connectivity index (χ2v) is 5.46. The molecule has 0 aromatic heterocycles. The number of hydrogen-bond acceptors (Lipinski definition) is 4. The molecule has 0 atom stereocenters. The van der Waals surface area contributed by atoms with Crippen molar-refractivity contribution in [2.45, 2.75) is 0 Å². The third-order valence-corrected chi connectivity index (χ3v) is 3.32. The van der Waals surface area contributed by atoms with Crippen LogP contribution < -0.4 is 10.7 Å². The molecule has 0 radical (unpaired) electrons. The number of aromatic hydroxyl groups is 1. The number of phenolic OH excluding ortho intramolecular Hbond substituents is 1. The number of phenols is 1. The number of nitrogens with one attached hydrogen (secondary N) is 2. The van der Waals surface area contributed by atoms with Crippen molar-refractivity contribution < 1.29 is 14.7 Å². The van der Waals surface area contributed by atoms with E-state index in [1.807, 2.05) is 0 Å². The Balaban J connectivity index is 1.81. The fourth-order valence-corrected chi connectivity index (χ4v) is 2.04. The summed E-state index contributed by atoms with van der Waals surface area (Å²) in [6.45, 7) is -0.197. The summed E-state index contributed by atoms with van der Waals surface area (Å²) in [7, 11) is 0. The molecule has 0 bridgehead atoms. The van der Waals surface area contributed by atoms with Crippen LogP contribution in [0.15, 0.2) is 58.1 Å². The lowest BCUT2D eigenvalue weighted by atomic mass is 10.2. The first-order chi connectivity index (χ1) is 11.1. The molecule has 118 valence electrons. The number of halogens is 1. The molecule has 0 aliphatic rings. The Kier molecular flexibility index (Phi) is 5.87. The van der Waals surface area contributed by atoms with E-state index in [1.165, 1.54) is 12.3 Å². The Hall–Kier alpha value is -2.67. The number of amides is 2. The SMILES string of the molecule is O=C(CNC(=O)c1ccccc1)N/N=C/c1ccc(Br)cc1O. The zero-order chi connectivity index (χ0) is 16.7. The predicted molar refractivity (Wildman–Crippen MR) is 90.3 cm³/mol. The van der Waals surface area contributed by atoms with E-state index in [9.17, 15) is 14.7 Å². The lowest BCUT2D eigenvalue weighted by molar-refractivity contribution is -0.120. The summed E-state index contributed by atoms with van der Waals surface area (Å²) in [5, 5.41) is 15.9. The molecule has 3 N–H and O–H groups in total. The molecular formula is C16H14BrN3O3. The van der Waals surface area contributed by atoms with Gasteiger partial charge in [0.2, 0.25) is 0 Å². The monoisotopic (exact) mass is 375 g/mol. The zero-order valence-corrected chi connectivity index (χ0v) is 13.6. The molecule has 0 heterocycles. The molecule has 2 aromatic rings. The molecule has 0 saturated carbocycles. The van der Waals surface area contributed by atoms with Crippen LogP contribution in [0.2, 0.25) is 0 Å². The number of rotatable bonds is 5. The van der Waals surface area contributed by atoms with Gasteiger partial charge in [-0.25, -0.2) is 5.43 Å². The van der Waals surface area contributed by atoms with Crippen LogP contribution in [0.25, 0.3) is 0 Å². The maximum Gasteiger partial charge on any atom is 0.259 e. The van der Waals surface area contributed by atoms with Gasteiger partial charge in [-0.3, -0.25) is 9.59 Å². The number of nitrogens with zero attached hydrogens (tertiary/aromatic N) is 1. The summed E-state index contributed by atoms with van der Waals surface area (Å²) in [5.41, 5.74) is 3.21. The minimum absolute atomic E-state index is 0.0368. The van der Waals surface area contributed by atoms with Crippen LogP contribution >= 0.6 is 15.9 Å². The van der Waals surface area contributed by atoms with Crippen LogP contribution in [-0.2, 0) is 4.79 Å². The van der Waals surface area contributed by atoms with E-state index in [0.717, 1.165) is 4.47 Å². The second-order valence-electron chi connectivity index (χ2n) is 4.55. The van der Waals surface area contributed by atoms with Crippen molar-refractivity contribution in [1.82, 2.24) is 10.7 Å². The molecule has 7 heteroatoms. The van der Waals surface area contributed by atoms with Gasteiger partial charge in [-0.15, -0.1) is 0 Å². The van der Waals surface area contributed by atoms with Crippen molar-refractivity contribution in [3.8, 4) is 5.75 Å². The number of hydrazone groups is 1. The molecular weight excluding hydrogens is 362 g/mol. The van der Waals surface area contributed by atoms with E-state index < -0.39 is 5.91 Å². The van der Waals surface area contributed by atoms with Gasteiger partial charge in [0, 0.05) is 15.6 Å². The third kappa shape index (κ3) is 5.23. The van der Waals surface area contributed by atoms with Crippen molar-refractivity contribution in [3.05, 3.63) is 64.1 Å². The van der Waals surface area contributed by atoms with Crippen LogP contribution in [0.4, 0.5) is 0 Å². The summed E-state index contributed by atoms with van der Waals surface area (Å²) >= 11 is 3.23. The molecule has 0 fully saturated rings. The highest BCUT2D eigenvalue weighted by atomic mass is 79.9. The predicted octanol–water partition coefficient (Wildman–Crippen LogP) is 2.03. The quantitative estimate of drug-likeness (QED) is 0.551. The number of carbonyl (C=O) groups is 2. The van der Waals surface area contributed by atoms with Crippen molar-refractivity contribution in [2.75, 3.05) is 6.54 Å². The minimum Gasteiger partial charge on any atom is -0.507 e. The van der Waals surface area contributed by atoms with E-state index in [1.54, 1.807) is 42.5 Å². The molecule has 0 unspecified atom stereocenters. The molecule has 23 heavy (non-hydrogen) atoms. The van der Waals surface area contributed by atoms with Gasteiger partial charge < -0.3 is 10.4 Å². The Morgan fingerprint density at radius 1 is 1.17 bits per heavy atom. The molecule has 2 aromatic carbocycles. The molecule has 6 nitrogen and oxygen atoms in total. The fraction of sp³-hybridized carbons (Fsp3) is 0.0625. The highest BCUT2D eigenvalue weighted by molar-refractivity contribution is 9.10. The first-order valence-electron chi connectivity index (χ1n) is 6.70. The van der Waals surface area contributed by atoms with Gasteiger partial charge in [-0.2, -0.15) is 5.10 Å². The Morgan fingerprint density at radius 3 is 2.61 bits per heavy atom. The van der Waals surface area contributed by atoms with Crippen LogP contribution in [0.5, 0.6) is 5.75 Å². The molecule has 0 aliphatic heterocycles. The van der Waals surface area contributed by atoms with E-state index in [0.29, 0.717) is 11.1 Å². The molecule has 2 rings (SSSR count). The average molecular weight is 376 g/mol. The van der Waals surface area contributed by atoms with E-state index in [4.69, 9.17) is 0 Å². The maximum atomic E-state index is 11.8. The van der Waals surface area contributed by atoms with Gasteiger partial charge in [0.25, 0.3) is 11.8 Å². The van der Waals surface area contributed by atoms with Gasteiger partial charge in [-0.1, -0.05) is 34.1 Å². The van der Waals surface area contributed by atoms with Crippen LogP contribution in [-0.4, -0.2) is 29.7 Å². The van der Waals surface area contributed by atoms with Gasteiger partial charge in [0.1, 0.15) is 5.75 Å². The minimum atomic E-state index is -0.470. The van der Waals surface area contributed by atoms with Crippen molar-refractivity contribution in [3.63, 3.8) is 0 Å². The molecule has 0 saturated heterocycles. The van der Waals surface area contributed by atoms with Gasteiger partial charge in [-0.05, 0) is 30.3 Å². The smallest absolute Gasteiger partial charge is 0.259 e. The van der Waals surface area contributed by atoms with Crippen molar-refractivity contribution in [1.29, 1.82) is 0 Å². The summed E-state index contributed by atoms with van der Waals surface area (Å²) < 4.78 is 0.736. The Bertz CT molecular complexity index is 733. The highest BCUT2D eigenvalue weighted by Gasteiger charge is 2.06. The number of benzene rings is 2. The van der Waals surface area contributed by atoms with Crippen LogP contribution in [0.1, 0.15) is 15.9 Å².